The van der Waals surface area contributed by atoms with Crippen LogP contribution >= 0.6 is 11.6 Å². The van der Waals surface area contributed by atoms with Crippen LogP contribution in [0.4, 0.5) is 11.4 Å². The molecular weight excluding hydrogens is 408 g/mol. The Kier molecular flexibility index (Phi) is 7.13. The first kappa shape index (κ1) is 21.4. The lowest BCUT2D eigenvalue weighted by Crippen LogP contribution is -2.47. The van der Waals surface area contributed by atoms with Gasteiger partial charge in [0.1, 0.15) is 5.75 Å². The molecule has 0 aliphatic carbocycles. The van der Waals surface area contributed by atoms with Gasteiger partial charge < -0.3 is 25.6 Å². The number of nitrogens with zero attached hydrogens (tertiary/aromatic N) is 1. The molecule has 0 spiro atoms. The first-order chi connectivity index (χ1) is 14.5. The Bertz CT molecular complexity index is 950. The molecule has 0 saturated carbocycles. The standard InChI is InChI=1S/C21H23ClN4O4/c1-2-30-18-6-4-3-5-15(18)21(29)24-12-19(27)25-14-7-8-17(16(22)11-14)26-10-9-23-20(28)13-26/h3-8,11H,2,9-10,12-13H2,1H3,(H,23,28)(H,24,29)(H,25,27). The minimum Gasteiger partial charge on any atom is -0.493 e. The summed E-state index contributed by atoms with van der Waals surface area (Å²) in [6.45, 7) is 3.51. The van der Waals surface area contributed by atoms with Gasteiger partial charge in [0.25, 0.3) is 5.91 Å². The van der Waals surface area contributed by atoms with E-state index in [-0.39, 0.29) is 19.0 Å². The SMILES string of the molecule is CCOc1ccccc1C(=O)NCC(=O)Nc1ccc(N2CCNC(=O)C2)c(Cl)c1. The minimum atomic E-state index is -0.397. The number of rotatable bonds is 7. The van der Waals surface area contributed by atoms with Gasteiger partial charge in [-0.1, -0.05) is 23.7 Å². The molecule has 1 aliphatic rings. The fourth-order valence-corrected chi connectivity index (χ4v) is 3.38. The average Bonchev–Trinajstić information content (AvgIpc) is 2.73. The molecular formula is C21H23ClN4O4. The summed E-state index contributed by atoms with van der Waals surface area (Å²) >= 11 is 6.34. The number of carbonyl (C=O) groups excluding carboxylic acids is 3. The lowest BCUT2D eigenvalue weighted by molar-refractivity contribution is -0.120. The van der Waals surface area contributed by atoms with E-state index >= 15 is 0 Å². The number of nitrogens with one attached hydrogen (secondary N) is 3. The average molecular weight is 431 g/mol. The van der Waals surface area contributed by atoms with E-state index in [0.29, 0.717) is 41.7 Å². The van der Waals surface area contributed by atoms with Crippen LogP contribution in [0.5, 0.6) is 5.75 Å². The van der Waals surface area contributed by atoms with Crippen molar-refractivity contribution < 1.29 is 19.1 Å². The lowest BCUT2D eigenvalue weighted by Gasteiger charge is -2.29. The topological polar surface area (TPSA) is 99.8 Å². The molecule has 8 nitrogen and oxygen atoms in total. The predicted octanol–water partition coefficient (Wildman–Crippen LogP) is 2.04. The van der Waals surface area contributed by atoms with Crippen LogP contribution in [-0.4, -0.2) is 50.5 Å². The summed E-state index contributed by atoms with van der Waals surface area (Å²) in [5, 5.41) is 8.47. The molecule has 0 radical (unpaired) electrons. The van der Waals surface area contributed by atoms with Crippen molar-refractivity contribution in [2.45, 2.75) is 6.92 Å². The van der Waals surface area contributed by atoms with E-state index in [1.807, 2.05) is 11.8 Å². The largest absolute Gasteiger partial charge is 0.493 e. The molecule has 158 valence electrons. The Morgan fingerprint density at radius 1 is 1.23 bits per heavy atom. The quantitative estimate of drug-likeness (QED) is 0.624. The van der Waals surface area contributed by atoms with Gasteiger partial charge in [0.05, 0.1) is 36.0 Å². The molecule has 30 heavy (non-hydrogen) atoms. The van der Waals surface area contributed by atoms with Crippen molar-refractivity contribution in [1.29, 1.82) is 0 Å². The van der Waals surface area contributed by atoms with Gasteiger partial charge in [0, 0.05) is 18.8 Å². The monoisotopic (exact) mass is 430 g/mol. The molecule has 0 bridgehead atoms. The van der Waals surface area contributed by atoms with E-state index < -0.39 is 11.8 Å². The summed E-state index contributed by atoms with van der Waals surface area (Å²) in [5.74, 6) is -0.382. The molecule has 1 aliphatic heterocycles. The van der Waals surface area contributed by atoms with Crippen molar-refractivity contribution in [2.24, 2.45) is 0 Å². The summed E-state index contributed by atoms with van der Waals surface area (Å²) < 4.78 is 5.44. The second kappa shape index (κ2) is 9.98. The van der Waals surface area contributed by atoms with Crippen molar-refractivity contribution >= 4 is 40.7 Å². The highest BCUT2D eigenvalue weighted by Crippen LogP contribution is 2.29. The van der Waals surface area contributed by atoms with Crippen LogP contribution in [-0.2, 0) is 9.59 Å². The van der Waals surface area contributed by atoms with Gasteiger partial charge in [0.2, 0.25) is 11.8 Å². The maximum Gasteiger partial charge on any atom is 0.255 e. The second-order valence-electron chi connectivity index (χ2n) is 6.60. The molecule has 0 aromatic heterocycles. The van der Waals surface area contributed by atoms with Crippen molar-refractivity contribution in [3.63, 3.8) is 0 Å². The highest BCUT2D eigenvalue weighted by Gasteiger charge is 2.19. The molecule has 1 fully saturated rings. The maximum atomic E-state index is 12.4. The van der Waals surface area contributed by atoms with Crippen LogP contribution in [0.15, 0.2) is 42.5 Å². The second-order valence-corrected chi connectivity index (χ2v) is 7.00. The third kappa shape index (κ3) is 5.42. The van der Waals surface area contributed by atoms with E-state index in [9.17, 15) is 14.4 Å². The number of amides is 3. The number of halogens is 1. The number of para-hydroxylation sites is 1. The smallest absolute Gasteiger partial charge is 0.255 e. The number of hydrogen-bond acceptors (Lipinski definition) is 5. The van der Waals surface area contributed by atoms with Crippen molar-refractivity contribution in [3.8, 4) is 5.75 Å². The third-order valence-electron chi connectivity index (χ3n) is 4.45. The van der Waals surface area contributed by atoms with Gasteiger partial charge >= 0.3 is 0 Å². The first-order valence-corrected chi connectivity index (χ1v) is 9.96. The van der Waals surface area contributed by atoms with Gasteiger partial charge in [0.15, 0.2) is 0 Å². The van der Waals surface area contributed by atoms with Crippen LogP contribution in [0, 0.1) is 0 Å². The lowest BCUT2D eigenvalue weighted by atomic mass is 10.2. The number of ether oxygens (including phenoxy) is 1. The van der Waals surface area contributed by atoms with Gasteiger partial charge in [-0.25, -0.2) is 0 Å². The van der Waals surface area contributed by atoms with E-state index in [4.69, 9.17) is 16.3 Å². The Labute approximate surface area is 179 Å². The zero-order valence-electron chi connectivity index (χ0n) is 16.5. The Morgan fingerprint density at radius 2 is 2.03 bits per heavy atom. The molecule has 0 unspecified atom stereocenters. The van der Waals surface area contributed by atoms with Gasteiger partial charge in [-0.15, -0.1) is 0 Å². The molecule has 2 aromatic rings. The Hall–Kier alpha value is -3.26. The van der Waals surface area contributed by atoms with E-state index in [1.165, 1.54) is 0 Å². The fraction of sp³-hybridized carbons (Fsp3) is 0.286. The highest BCUT2D eigenvalue weighted by atomic mass is 35.5. The van der Waals surface area contributed by atoms with Crippen LogP contribution in [0.2, 0.25) is 5.02 Å². The maximum absolute atomic E-state index is 12.4. The Balaban J connectivity index is 1.57. The molecule has 1 saturated heterocycles. The zero-order chi connectivity index (χ0) is 21.5. The van der Waals surface area contributed by atoms with E-state index in [2.05, 4.69) is 16.0 Å². The summed E-state index contributed by atoms with van der Waals surface area (Å²) in [4.78, 5) is 38.0. The molecule has 0 atom stereocenters. The predicted molar refractivity (Wildman–Crippen MR) is 115 cm³/mol. The molecule has 3 N–H and O–H groups in total. The number of piperazine rings is 1. The number of benzene rings is 2. The van der Waals surface area contributed by atoms with Crippen molar-refractivity contribution in [3.05, 3.63) is 53.1 Å². The van der Waals surface area contributed by atoms with Crippen LogP contribution in [0.25, 0.3) is 0 Å². The van der Waals surface area contributed by atoms with Crippen molar-refractivity contribution in [2.75, 3.05) is 43.0 Å². The molecule has 3 rings (SSSR count). The normalized spacial score (nSPS) is 13.4. The van der Waals surface area contributed by atoms with Gasteiger partial charge in [-0.3, -0.25) is 14.4 Å². The molecule has 9 heteroatoms. The van der Waals surface area contributed by atoms with E-state index in [0.717, 1.165) is 5.69 Å². The van der Waals surface area contributed by atoms with Crippen molar-refractivity contribution in [1.82, 2.24) is 10.6 Å². The zero-order valence-corrected chi connectivity index (χ0v) is 17.3. The fourth-order valence-electron chi connectivity index (χ4n) is 3.08. The van der Waals surface area contributed by atoms with Crippen LogP contribution in [0.1, 0.15) is 17.3 Å². The first-order valence-electron chi connectivity index (χ1n) is 9.59. The summed E-state index contributed by atoms with van der Waals surface area (Å²) in [6, 6.07) is 11.9. The molecule has 1 heterocycles. The number of hydrogen-bond donors (Lipinski definition) is 3. The summed E-state index contributed by atoms with van der Waals surface area (Å²) in [7, 11) is 0. The number of anilines is 2. The van der Waals surface area contributed by atoms with Gasteiger partial charge in [-0.05, 0) is 37.3 Å². The molecule has 2 aromatic carbocycles. The summed E-state index contributed by atoms with van der Waals surface area (Å²) in [6.07, 6.45) is 0. The summed E-state index contributed by atoms with van der Waals surface area (Å²) in [5.41, 5.74) is 1.59. The third-order valence-corrected chi connectivity index (χ3v) is 4.75. The van der Waals surface area contributed by atoms with E-state index in [1.54, 1.807) is 42.5 Å². The van der Waals surface area contributed by atoms with Gasteiger partial charge in [-0.2, -0.15) is 0 Å². The van der Waals surface area contributed by atoms with Crippen LogP contribution < -0.4 is 25.6 Å². The Morgan fingerprint density at radius 3 is 2.77 bits per heavy atom. The highest BCUT2D eigenvalue weighted by molar-refractivity contribution is 6.33. The van der Waals surface area contributed by atoms with Crippen LogP contribution in [0.3, 0.4) is 0 Å². The number of carbonyl (C=O) groups is 3. The minimum absolute atomic E-state index is 0.0589. The molecule has 3 amide bonds.